The predicted molar refractivity (Wildman–Crippen MR) is 113 cm³/mol. The summed E-state index contributed by atoms with van der Waals surface area (Å²) in [5.41, 5.74) is 2.34. The van der Waals surface area contributed by atoms with Crippen LogP contribution in [0.5, 0.6) is 0 Å². The van der Waals surface area contributed by atoms with Crippen LogP contribution in [-0.4, -0.2) is 28.5 Å². The van der Waals surface area contributed by atoms with E-state index in [1.807, 2.05) is 12.1 Å². The molecule has 0 aromatic rings. The molecule has 0 N–H and O–H groups in total. The second kappa shape index (κ2) is 9.07. The maximum Gasteiger partial charge on any atom is 0.134 e. The highest BCUT2D eigenvalue weighted by Crippen LogP contribution is 2.45. The molecule has 0 amide bonds. The number of rotatable bonds is 3. The van der Waals surface area contributed by atoms with E-state index in [4.69, 9.17) is 0 Å². The van der Waals surface area contributed by atoms with E-state index in [0.29, 0.717) is 17.6 Å². The van der Waals surface area contributed by atoms with E-state index in [1.165, 1.54) is 32.1 Å². The number of likely N-dealkylation sites (tertiary alicyclic amines) is 1. The second-order valence-corrected chi connectivity index (χ2v) is 10.7. The zero-order valence-electron chi connectivity index (χ0n) is 17.1. The molecule has 148 valence electrons. The Morgan fingerprint density at radius 2 is 1.54 bits per heavy atom. The summed E-state index contributed by atoms with van der Waals surface area (Å²) in [4.78, 5) is 2.36. The molecule has 0 spiro atoms. The smallest absolute Gasteiger partial charge is 0.134 e. The number of piperidine rings is 1. The fourth-order valence-corrected chi connectivity index (χ4v) is 6.49. The average Bonchev–Trinajstić information content (AvgIpc) is 2.69. The molecule has 0 bridgehead atoms. The maximum absolute atomic E-state index is 9.85. The van der Waals surface area contributed by atoms with Crippen molar-refractivity contribution >= 4 is 11.8 Å². The first kappa shape index (κ1) is 20.8. The Labute approximate surface area is 173 Å². The molecule has 0 radical (unpaired) electrons. The normalized spacial score (nSPS) is 23.7. The van der Waals surface area contributed by atoms with Crippen LogP contribution in [0.1, 0.15) is 71.6 Å². The molecule has 1 heterocycles. The second-order valence-electron chi connectivity index (χ2n) is 9.11. The molecule has 5 heteroatoms. The molecule has 28 heavy (non-hydrogen) atoms. The Morgan fingerprint density at radius 1 is 0.929 bits per heavy atom. The van der Waals surface area contributed by atoms with Crippen LogP contribution < -0.4 is 0 Å². The van der Waals surface area contributed by atoms with Crippen molar-refractivity contribution in [2.24, 2.45) is 5.41 Å². The van der Waals surface area contributed by atoms with Gasteiger partial charge in [0, 0.05) is 34.9 Å². The number of hydrogen-bond donors (Lipinski definition) is 0. The molecule has 1 saturated heterocycles. The maximum atomic E-state index is 9.85. The monoisotopic (exact) mass is 394 g/mol. The largest absolute Gasteiger partial charge is 0.374 e. The summed E-state index contributed by atoms with van der Waals surface area (Å²) in [5, 5.41) is 30.2. The van der Waals surface area contributed by atoms with Crippen molar-refractivity contribution in [3.63, 3.8) is 0 Å². The third-order valence-electron chi connectivity index (χ3n) is 6.29. The van der Waals surface area contributed by atoms with Gasteiger partial charge in [0.05, 0.1) is 5.57 Å². The van der Waals surface area contributed by atoms with Crippen molar-refractivity contribution in [2.45, 2.75) is 82.1 Å². The summed E-state index contributed by atoms with van der Waals surface area (Å²) >= 11 is 2.21. The van der Waals surface area contributed by atoms with E-state index in [2.05, 4.69) is 36.6 Å². The van der Waals surface area contributed by atoms with Crippen LogP contribution in [0.25, 0.3) is 0 Å². The minimum absolute atomic E-state index is 0.0440. The Bertz CT molecular complexity index is 757. The van der Waals surface area contributed by atoms with Crippen molar-refractivity contribution < 1.29 is 0 Å². The van der Waals surface area contributed by atoms with Gasteiger partial charge >= 0.3 is 0 Å². The first-order chi connectivity index (χ1) is 13.5. The van der Waals surface area contributed by atoms with Gasteiger partial charge in [-0.15, -0.1) is 0 Å². The van der Waals surface area contributed by atoms with Gasteiger partial charge in [-0.25, -0.2) is 0 Å². The molecule has 2 fully saturated rings. The lowest BCUT2D eigenvalue weighted by molar-refractivity contribution is 0.234. The van der Waals surface area contributed by atoms with Crippen molar-refractivity contribution in [3.05, 3.63) is 22.4 Å². The van der Waals surface area contributed by atoms with Crippen molar-refractivity contribution in [2.75, 3.05) is 13.1 Å². The number of nitrogens with zero attached hydrogens (tertiary/aromatic N) is 4. The topological polar surface area (TPSA) is 74.6 Å². The summed E-state index contributed by atoms with van der Waals surface area (Å²) in [7, 11) is 0. The lowest BCUT2D eigenvalue weighted by Gasteiger charge is -2.42. The summed E-state index contributed by atoms with van der Waals surface area (Å²) in [6.45, 7) is 6.28. The third kappa shape index (κ3) is 4.74. The van der Waals surface area contributed by atoms with Crippen molar-refractivity contribution in [1.82, 2.24) is 4.90 Å². The van der Waals surface area contributed by atoms with Gasteiger partial charge in [-0.05, 0) is 43.9 Å². The van der Waals surface area contributed by atoms with Gasteiger partial charge in [0.15, 0.2) is 0 Å². The summed E-state index contributed by atoms with van der Waals surface area (Å²) in [5.74, 6) is 0. The van der Waals surface area contributed by atoms with Crippen LogP contribution in [0.3, 0.4) is 0 Å². The minimum atomic E-state index is -0.0440. The zero-order chi connectivity index (χ0) is 20.1. The van der Waals surface area contributed by atoms with Gasteiger partial charge < -0.3 is 4.90 Å². The van der Waals surface area contributed by atoms with Gasteiger partial charge in [0.1, 0.15) is 23.8 Å². The van der Waals surface area contributed by atoms with E-state index in [9.17, 15) is 15.8 Å². The van der Waals surface area contributed by atoms with Gasteiger partial charge in [-0.1, -0.05) is 33.1 Å². The van der Waals surface area contributed by atoms with Crippen molar-refractivity contribution in [3.8, 4) is 18.2 Å². The molecule has 1 saturated carbocycles. The minimum Gasteiger partial charge on any atom is -0.374 e. The predicted octanol–water partition coefficient (Wildman–Crippen LogP) is 5.46. The van der Waals surface area contributed by atoms with E-state index < -0.39 is 0 Å². The van der Waals surface area contributed by atoms with E-state index in [-0.39, 0.29) is 11.0 Å². The molecular formula is C23H30N4S. The lowest BCUT2D eigenvalue weighted by atomic mass is 9.72. The van der Waals surface area contributed by atoms with E-state index in [1.54, 1.807) is 0 Å². The Balaban J connectivity index is 1.76. The highest BCUT2D eigenvalue weighted by atomic mass is 32.2. The standard InChI is InChI=1S/C23H30N4S/c1-23(2)12-20(17(14-24)15-25)21(16-26)22(13-23)27-10-8-19(9-11-27)28-18-6-4-3-5-7-18/h18-19H,3-13H2,1-2H3. The molecule has 3 aliphatic rings. The van der Waals surface area contributed by atoms with Crippen molar-refractivity contribution in [1.29, 1.82) is 15.8 Å². The summed E-state index contributed by atoms with van der Waals surface area (Å²) in [6.07, 6.45) is 10.7. The molecule has 0 atom stereocenters. The fraction of sp³-hybridized carbons (Fsp3) is 0.696. The number of hydrogen-bond acceptors (Lipinski definition) is 5. The Hall–Kier alpha value is -1.90. The van der Waals surface area contributed by atoms with Crippen LogP contribution in [0, 0.1) is 39.4 Å². The quantitative estimate of drug-likeness (QED) is 0.594. The Morgan fingerprint density at radius 3 is 2.11 bits per heavy atom. The SMILES string of the molecule is CC1(C)CC(=C(C#N)C#N)C(C#N)=C(N2CCC(SC3CCCCC3)CC2)C1. The highest BCUT2D eigenvalue weighted by Gasteiger charge is 2.36. The zero-order valence-corrected chi connectivity index (χ0v) is 17.9. The molecule has 2 aliphatic carbocycles. The van der Waals surface area contributed by atoms with Gasteiger partial charge in [-0.2, -0.15) is 27.5 Å². The van der Waals surface area contributed by atoms with Gasteiger partial charge in [-0.3, -0.25) is 0 Å². The molecule has 0 unspecified atom stereocenters. The van der Waals surface area contributed by atoms with Gasteiger partial charge in [0.2, 0.25) is 0 Å². The van der Waals surface area contributed by atoms with E-state index >= 15 is 0 Å². The number of allylic oxidation sites excluding steroid dienone is 4. The fourth-order valence-electron chi connectivity index (χ4n) is 4.86. The first-order valence-corrected chi connectivity index (χ1v) is 11.5. The van der Waals surface area contributed by atoms with E-state index in [0.717, 1.165) is 48.5 Å². The van der Waals surface area contributed by atoms with Crippen LogP contribution >= 0.6 is 11.8 Å². The average molecular weight is 395 g/mol. The van der Waals surface area contributed by atoms with Crippen LogP contribution in [-0.2, 0) is 0 Å². The van der Waals surface area contributed by atoms with Crippen LogP contribution in [0.2, 0.25) is 0 Å². The molecule has 0 aromatic heterocycles. The van der Waals surface area contributed by atoms with Crippen LogP contribution in [0.4, 0.5) is 0 Å². The molecule has 0 aromatic carbocycles. The molecule has 1 aliphatic heterocycles. The first-order valence-electron chi connectivity index (χ1n) is 10.5. The molecule has 3 rings (SSSR count). The Kier molecular flexibility index (Phi) is 6.74. The number of thioether (sulfide) groups is 1. The third-order valence-corrected chi connectivity index (χ3v) is 8.00. The summed E-state index contributed by atoms with van der Waals surface area (Å²) < 4.78 is 0. The van der Waals surface area contributed by atoms with Crippen LogP contribution in [0.15, 0.2) is 22.4 Å². The number of nitriles is 3. The summed E-state index contributed by atoms with van der Waals surface area (Å²) in [6, 6.07) is 6.36. The highest BCUT2D eigenvalue weighted by molar-refractivity contribution is 8.00. The molecule has 4 nitrogen and oxygen atoms in total. The van der Waals surface area contributed by atoms with Gasteiger partial charge in [0.25, 0.3) is 0 Å². The lowest BCUT2D eigenvalue weighted by Crippen LogP contribution is -2.38. The molecular weight excluding hydrogens is 364 g/mol.